The van der Waals surface area contributed by atoms with Crippen LogP contribution in [0.15, 0.2) is 12.3 Å². The summed E-state index contributed by atoms with van der Waals surface area (Å²) >= 11 is 0. The van der Waals surface area contributed by atoms with Crippen molar-refractivity contribution in [2.45, 2.75) is 33.1 Å². The normalized spacial score (nSPS) is 20.4. The first-order chi connectivity index (χ1) is 7.72. The van der Waals surface area contributed by atoms with Gasteiger partial charge < -0.3 is 10.6 Å². The summed E-state index contributed by atoms with van der Waals surface area (Å²) in [5, 5.41) is 0. The standard InChI is InChI=1S/C13H21N3/c1-3-4-11-6-8-16(9-11)13-12(14)10(2)5-7-15-13/h5,7,11H,3-4,6,8-9,14H2,1-2H3. The molecular formula is C13H21N3. The molecule has 0 spiro atoms. The zero-order valence-corrected chi connectivity index (χ0v) is 10.2. The van der Waals surface area contributed by atoms with Crippen LogP contribution in [0.25, 0.3) is 0 Å². The van der Waals surface area contributed by atoms with Crippen molar-refractivity contribution in [1.82, 2.24) is 4.98 Å². The van der Waals surface area contributed by atoms with Crippen LogP contribution in [0.1, 0.15) is 31.7 Å². The van der Waals surface area contributed by atoms with E-state index in [0.717, 1.165) is 36.1 Å². The second-order valence-electron chi connectivity index (χ2n) is 4.75. The summed E-state index contributed by atoms with van der Waals surface area (Å²) in [5.74, 6) is 1.81. The molecule has 0 amide bonds. The molecule has 0 aromatic carbocycles. The summed E-state index contributed by atoms with van der Waals surface area (Å²) < 4.78 is 0. The van der Waals surface area contributed by atoms with Crippen molar-refractivity contribution in [2.75, 3.05) is 23.7 Å². The Bertz CT molecular complexity index is 362. The molecule has 0 aliphatic carbocycles. The van der Waals surface area contributed by atoms with Gasteiger partial charge in [-0.1, -0.05) is 13.3 Å². The van der Waals surface area contributed by atoms with Crippen LogP contribution in [0, 0.1) is 12.8 Å². The van der Waals surface area contributed by atoms with E-state index in [1.54, 1.807) is 0 Å². The number of nitrogen functional groups attached to an aromatic ring is 1. The number of hydrogen-bond donors (Lipinski definition) is 1. The van der Waals surface area contributed by atoms with E-state index in [0.29, 0.717) is 0 Å². The Morgan fingerprint density at radius 1 is 1.56 bits per heavy atom. The SMILES string of the molecule is CCCC1CCN(c2nccc(C)c2N)C1. The Labute approximate surface area is 97.7 Å². The topological polar surface area (TPSA) is 42.2 Å². The Morgan fingerprint density at radius 2 is 2.38 bits per heavy atom. The van der Waals surface area contributed by atoms with Crippen LogP contribution >= 0.6 is 0 Å². The molecule has 1 unspecified atom stereocenters. The van der Waals surface area contributed by atoms with Crippen molar-refractivity contribution in [1.29, 1.82) is 0 Å². The van der Waals surface area contributed by atoms with Crippen molar-refractivity contribution in [3.05, 3.63) is 17.8 Å². The highest BCUT2D eigenvalue weighted by atomic mass is 15.2. The van der Waals surface area contributed by atoms with Gasteiger partial charge in [0.1, 0.15) is 0 Å². The minimum atomic E-state index is 0.826. The van der Waals surface area contributed by atoms with Crippen LogP contribution in [0.3, 0.4) is 0 Å². The Kier molecular flexibility index (Phi) is 3.32. The summed E-state index contributed by atoms with van der Waals surface area (Å²) in [7, 11) is 0. The summed E-state index contributed by atoms with van der Waals surface area (Å²) in [6, 6.07) is 1.97. The fourth-order valence-corrected chi connectivity index (χ4v) is 2.48. The molecule has 0 saturated carbocycles. The number of anilines is 2. The lowest BCUT2D eigenvalue weighted by Gasteiger charge is -2.20. The Hall–Kier alpha value is -1.25. The first-order valence-electron chi connectivity index (χ1n) is 6.18. The van der Waals surface area contributed by atoms with Crippen LogP contribution < -0.4 is 10.6 Å². The molecule has 0 radical (unpaired) electrons. The largest absolute Gasteiger partial charge is 0.396 e. The van der Waals surface area contributed by atoms with Crippen molar-refractivity contribution < 1.29 is 0 Å². The number of pyridine rings is 1. The predicted molar refractivity (Wildman–Crippen MR) is 68.6 cm³/mol. The number of hydrogen-bond acceptors (Lipinski definition) is 3. The number of aromatic nitrogens is 1. The number of nitrogens with two attached hydrogens (primary N) is 1. The first-order valence-corrected chi connectivity index (χ1v) is 6.18. The van der Waals surface area contributed by atoms with Gasteiger partial charge in [0.05, 0.1) is 5.69 Å². The third kappa shape index (κ3) is 2.13. The van der Waals surface area contributed by atoms with E-state index in [9.17, 15) is 0 Å². The molecule has 1 aliphatic rings. The molecule has 2 N–H and O–H groups in total. The lowest BCUT2D eigenvalue weighted by atomic mass is 10.0. The molecule has 3 nitrogen and oxygen atoms in total. The van der Waals surface area contributed by atoms with Gasteiger partial charge in [-0.15, -0.1) is 0 Å². The van der Waals surface area contributed by atoms with E-state index in [1.807, 2.05) is 19.2 Å². The van der Waals surface area contributed by atoms with Gasteiger partial charge in [-0.2, -0.15) is 0 Å². The average molecular weight is 219 g/mol. The van der Waals surface area contributed by atoms with Crippen LogP contribution in [0.4, 0.5) is 11.5 Å². The zero-order chi connectivity index (χ0) is 11.5. The lowest BCUT2D eigenvalue weighted by molar-refractivity contribution is 0.529. The minimum Gasteiger partial charge on any atom is -0.396 e. The minimum absolute atomic E-state index is 0.826. The number of nitrogens with zero attached hydrogens (tertiary/aromatic N) is 2. The highest BCUT2D eigenvalue weighted by Gasteiger charge is 2.24. The van der Waals surface area contributed by atoms with Crippen molar-refractivity contribution in [3.63, 3.8) is 0 Å². The lowest BCUT2D eigenvalue weighted by Crippen LogP contribution is -2.22. The van der Waals surface area contributed by atoms with Crippen LogP contribution in [-0.2, 0) is 0 Å². The van der Waals surface area contributed by atoms with Gasteiger partial charge in [-0.05, 0) is 37.3 Å². The maximum absolute atomic E-state index is 6.08. The van der Waals surface area contributed by atoms with Gasteiger partial charge in [-0.25, -0.2) is 4.98 Å². The van der Waals surface area contributed by atoms with Gasteiger partial charge in [0.25, 0.3) is 0 Å². The van der Waals surface area contributed by atoms with Crippen molar-refractivity contribution in [3.8, 4) is 0 Å². The average Bonchev–Trinajstić information content (AvgIpc) is 2.71. The van der Waals surface area contributed by atoms with E-state index in [1.165, 1.54) is 19.3 Å². The van der Waals surface area contributed by atoms with Crippen LogP contribution in [-0.4, -0.2) is 18.1 Å². The monoisotopic (exact) mass is 219 g/mol. The van der Waals surface area contributed by atoms with Crippen LogP contribution in [0.2, 0.25) is 0 Å². The molecule has 2 rings (SSSR count). The molecule has 1 aliphatic heterocycles. The Balaban J connectivity index is 2.11. The maximum atomic E-state index is 6.08. The summed E-state index contributed by atoms with van der Waals surface area (Å²) in [5.41, 5.74) is 8.05. The number of aryl methyl sites for hydroxylation is 1. The van der Waals surface area contributed by atoms with Gasteiger partial charge in [0, 0.05) is 19.3 Å². The Morgan fingerprint density at radius 3 is 3.12 bits per heavy atom. The molecule has 1 aromatic heterocycles. The van der Waals surface area contributed by atoms with Gasteiger partial charge in [0.15, 0.2) is 5.82 Å². The fourth-order valence-electron chi connectivity index (χ4n) is 2.48. The third-order valence-electron chi connectivity index (χ3n) is 3.47. The number of rotatable bonds is 3. The summed E-state index contributed by atoms with van der Waals surface area (Å²) in [4.78, 5) is 6.75. The van der Waals surface area contributed by atoms with Gasteiger partial charge in [0.2, 0.25) is 0 Å². The molecule has 88 valence electrons. The molecular weight excluding hydrogens is 198 g/mol. The molecule has 3 heteroatoms. The van der Waals surface area contributed by atoms with E-state index < -0.39 is 0 Å². The maximum Gasteiger partial charge on any atom is 0.152 e. The van der Waals surface area contributed by atoms with Crippen LogP contribution in [0.5, 0.6) is 0 Å². The van der Waals surface area contributed by atoms with E-state index in [2.05, 4.69) is 16.8 Å². The fraction of sp³-hybridized carbons (Fsp3) is 0.615. The molecule has 2 heterocycles. The highest BCUT2D eigenvalue weighted by Crippen LogP contribution is 2.29. The third-order valence-corrected chi connectivity index (χ3v) is 3.47. The zero-order valence-electron chi connectivity index (χ0n) is 10.2. The molecule has 1 fully saturated rings. The predicted octanol–water partition coefficient (Wildman–Crippen LogP) is 2.60. The second-order valence-corrected chi connectivity index (χ2v) is 4.75. The van der Waals surface area contributed by atoms with Gasteiger partial charge >= 0.3 is 0 Å². The molecule has 1 atom stereocenters. The summed E-state index contributed by atoms with van der Waals surface area (Å²) in [6.45, 7) is 6.52. The molecule has 1 aromatic rings. The molecule has 16 heavy (non-hydrogen) atoms. The van der Waals surface area contributed by atoms with E-state index in [-0.39, 0.29) is 0 Å². The second kappa shape index (κ2) is 4.73. The highest BCUT2D eigenvalue weighted by molar-refractivity contribution is 5.66. The molecule has 1 saturated heterocycles. The van der Waals surface area contributed by atoms with Crippen molar-refractivity contribution in [2.24, 2.45) is 5.92 Å². The smallest absolute Gasteiger partial charge is 0.152 e. The van der Waals surface area contributed by atoms with Crippen molar-refractivity contribution >= 4 is 11.5 Å². The molecule has 0 bridgehead atoms. The quantitative estimate of drug-likeness (QED) is 0.849. The van der Waals surface area contributed by atoms with E-state index in [4.69, 9.17) is 5.73 Å². The van der Waals surface area contributed by atoms with E-state index >= 15 is 0 Å². The first kappa shape index (κ1) is 11.2. The van der Waals surface area contributed by atoms with Gasteiger partial charge in [-0.3, -0.25) is 0 Å². The summed E-state index contributed by atoms with van der Waals surface area (Å²) in [6.07, 6.45) is 5.73.